The van der Waals surface area contributed by atoms with Crippen LogP contribution >= 0.6 is 15.9 Å². The molecule has 0 aliphatic heterocycles. The van der Waals surface area contributed by atoms with Crippen molar-refractivity contribution in [1.82, 2.24) is 0 Å². The second-order valence-corrected chi connectivity index (χ2v) is 5.27. The first kappa shape index (κ1) is 14.0. The third-order valence-electron chi connectivity index (χ3n) is 2.92. The average Bonchev–Trinajstić information content (AvgIpc) is 2.41. The molecule has 0 bridgehead atoms. The van der Waals surface area contributed by atoms with E-state index in [2.05, 4.69) is 21.2 Å². The van der Waals surface area contributed by atoms with Gasteiger partial charge in [0, 0.05) is 5.69 Å². The van der Waals surface area contributed by atoms with Gasteiger partial charge in [-0.1, -0.05) is 23.8 Å². The Bertz CT molecular complexity index is 557. The molecule has 2 N–H and O–H groups in total. The van der Waals surface area contributed by atoms with Crippen LogP contribution < -0.4 is 5.32 Å². The monoisotopic (exact) mass is 323 g/mol. The van der Waals surface area contributed by atoms with E-state index in [1.165, 1.54) is 11.6 Å². The van der Waals surface area contributed by atoms with Gasteiger partial charge >= 0.3 is 0 Å². The fourth-order valence-corrected chi connectivity index (χ4v) is 2.21. The average molecular weight is 324 g/mol. The van der Waals surface area contributed by atoms with Crippen LogP contribution in [0.15, 0.2) is 46.9 Å². The molecule has 0 saturated carbocycles. The Kier molecular flexibility index (Phi) is 4.56. The van der Waals surface area contributed by atoms with Gasteiger partial charge in [0.25, 0.3) is 0 Å². The fraction of sp³-hybridized carbons (Fsp3) is 0.200. The van der Waals surface area contributed by atoms with E-state index in [-0.39, 0.29) is 18.5 Å². The van der Waals surface area contributed by atoms with Crippen molar-refractivity contribution in [2.75, 3.05) is 11.9 Å². The Labute approximate surface area is 120 Å². The van der Waals surface area contributed by atoms with Crippen molar-refractivity contribution < 1.29 is 9.50 Å². The highest BCUT2D eigenvalue weighted by atomic mass is 79.9. The molecule has 0 aromatic heterocycles. The first-order chi connectivity index (χ1) is 9.10. The Hall–Kier alpha value is -1.39. The molecule has 0 heterocycles. The van der Waals surface area contributed by atoms with Crippen molar-refractivity contribution in [2.24, 2.45) is 0 Å². The van der Waals surface area contributed by atoms with Crippen LogP contribution in [-0.2, 0) is 0 Å². The van der Waals surface area contributed by atoms with Gasteiger partial charge in [-0.05, 0) is 52.7 Å². The Morgan fingerprint density at radius 1 is 1.21 bits per heavy atom. The molecule has 0 saturated heterocycles. The van der Waals surface area contributed by atoms with Crippen molar-refractivity contribution in [1.29, 1.82) is 0 Å². The lowest BCUT2D eigenvalue weighted by molar-refractivity contribution is 0.276. The summed E-state index contributed by atoms with van der Waals surface area (Å²) in [4.78, 5) is 0. The van der Waals surface area contributed by atoms with Gasteiger partial charge in [-0.2, -0.15) is 0 Å². The summed E-state index contributed by atoms with van der Waals surface area (Å²) in [5.74, 6) is -0.309. The zero-order valence-electron chi connectivity index (χ0n) is 10.5. The van der Waals surface area contributed by atoms with E-state index in [9.17, 15) is 9.50 Å². The van der Waals surface area contributed by atoms with Crippen LogP contribution in [0.1, 0.15) is 17.2 Å². The number of anilines is 1. The SMILES string of the molecule is Cc1ccc(NC(CO)c2ccc(F)c(Br)c2)cc1. The van der Waals surface area contributed by atoms with Gasteiger partial charge in [0.2, 0.25) is 0 Å². The van der Waals surface area contributed by atoms with Crippen LogP contribution in [0.2, 0.25) is 0 Å². The van der Waals surface area contributed by atoms with Crippen molar-refractivity contribution in [3.63, 3.8) is 0 Å². The van der Waals surface area contributed by atoms with Crippen molar-refractivity contribution in [2.45, 2.75) is 13.0 Å². The van der Waals surface area contributed by atoms with Crippen LogP contribution in [0.3, 0.4) is 0 Å². The normalized spacial score (nSPS) is 12.2. The number of aliphatic hydroxyl groups is 1. The minimum absolute atomic E-state index is 0.0635. The Morgan fingerprint density at radius 2 is 1.89 bits per heavy atom. The summed E-state index contributed by atoms with van der Waals surface area (Å²) < 4.78 is 13.6. The van der Waals surface area contributed by atoms with Gasteiger partial charge in [0.1, 0.15) is 5.82 Å². The number of rotatable bonds is 4. The maximum atomic E-state index is 13.2. The first-order valence-electron chi connectivity index (χ1n) is 5.99. The van der Waals surface area contributed by atoms with Crippen molar-refractivity contribution >= 4 is 21.6 Å². The van der Waals surface area contributed by atoms with Gasteiger partial charge < -0.3 is 10.4 Å². The van der Waals surface area contributed by atoms with Crippen LogP contribution in [-0.4, -0.2) is 11.7 Å². The largest absolute Gasteiger partial charge is 0.394 e. The summed E-state index contributed by atoms with van der Waals surface area (Å²) in [6.07, 6.45) is 0. The standard InChI is InChI=1S/C15H15BrFNO/c1-10-2-5-12(6-3-10)18-15(9-19)11-4-7-14(17)13(16)8-11/h2-8,15,18-19H,9H2,1H3. The summed E-state index contributed by atoms with van der Waals surface area (Å²) in [7, 11) is 0. The summed E-state index contributed by atoms with van der Waals surface area (Å²) in [5, 5.41) is 12.7. The number of benzene rings is 2. The Morgan fingerprint density at radius 3 is 2.47 bits per heavy atom. The molecule has 2 nitrogen and oxygen atoms in total. The molecule has 1 unspecified atom stereocenters. The van der Waals surface area contributed by atoms with E-state index >= 15 is 0 Å². The summed E-state index contributed by atoms with van der Waals surface area (Å²) >= 11 is 3.15. The van der Waals surface area contributed by atoms with Gasteiger partial charge in [-0.15, -0.1) is 0 Å². The van der Waals surface area contributed by atoms with Gasteiger partial charge in [0.05, 0.1) is 17.1 Å². The molecule has 100 valence electrons. The molecule has 2 aromatic rings. The van der Waals surface area contributed by atoms with Crippen LogP contribution in [0.4, 0.5) is 10.1 Å². The zero-order chi connectivity index (χ0) is 13.8. The second kappa shape index (κ2) is 6.17. The number of hydrogen-bond donors (Lipinski definition) is 2. The molecule has 1 atom stereocenters. The van der Waals surface area contributed by atoms with Gasteiger partial charge in [-0.3, -0.25) is 0 Å². The third kappa shape index (κ3) is 3.55. The van der Waals surface area contributed by atoms with E-state index in [1.54, 1.807) is 12.1 Å². The first-order valence-corrected chi connectivity index (χ1v) is 6.78. The van der Waals surface area contributed by atoms with Crippen LogP contribution in [0.25, 0.3) is 0 Å². The predicted molar refractivity (Wildman–Crippen MR) is 78.7 cm³/mol. The number of aliphatic hydroxyl groups excluding tert-OH is 1. The molecule has 2 aromatic carbocycles. The molecule has 0 radical (unpaired) electrons. The molecule has 0 spiro atoms. The van der Waals surface area contributed by atoms with E-state index in [0.717, 1.165) is 11.3 Å². The molecule has 0 amide bonds. The minimum Gasteiger partial charge on any atom is -0.394 e. The predicted octanol–water partition coefficient (Wildman–Crippen LogP) is 4.04. The van der Waals surface area contributed by atoms with Crippen LogP contribution in [0, 0.1) is 12.7 Å². The molecular weight excluding hydrogens is 309 g/mol. The van der Waals surface area contributed by atoms with E-state index in [0.29, 0.717) is 4.47 Å². The second-order valence-electron chi connectivity index (χ2n) is 4.42. The van der Waals surface area contributed by atoms with Crippen molar-refractivity contribution in [3.8, 4) is 0 Å². The van der Waals surface area contributed by atoms with Crippen molar-refractivity contribution in [3.05, 3.63) is 63.9 Å². The lowest BCUT2D eigenvalue weighted by Crippen LogP contribution is -2.14. The van der Waals surface area contributed by atoms with E-state index < -0.39 is 0 Å². The molecule has 0 fully saturated rings. The molecular formula is C15H15BrFNO. The number of aryl methyl sites for hydroxylation is 1. The molecule has 19 heavy (non-hydrogen) atoms. The van der Waals surface area contributed by atoms with Gasteiger partial charge in [-0.25, -0.2) is 4.39 Å². The fourth-order valence-electron chi connectivity index (χ4n) is 1.81. The number of halogens is 2. The highest BCUT2D eigenvalue weighted by Crippen LogP contribution is 2.24. The quantitative estimate of drug-likeness (QED) is 0.889. The molecule has 4 heteroatoms. The van der Waals surface area contributed by atoms with Gasteiger partial charge in [0.15, 0.2) is 0 Å². The maximum Gasteiger partial charge on any atom is 0.137 e. The van der Waals surface area contributed by atoms with E-state index in [4.69, 9.17) is 0 Å². The Balaban J connectivity index is 2.19. The summed E-state index contributed by atoms with van der Waals surface area (Å²) in [5.41, 5.74) is 2.93. The third-order valence-corrected chi connectivity index (χ3v) is 3.53. The van der Waals surface area contributed by atoms with Crippen LogP contribution in [0.5, 0.6) is 0 Å². The minimum atomic E-state index is -0.309. The number of hydrogen-bond acceptors (Lipinski definition) is 2. The summed E-state index contributed by atoms with van der Waals surface area (Å²) in [6, 6.07) is 12.4. The maximum absolute atomic E-state index is 13.2. The highest BCUT2D eigenvalue weighted by molar-refractivity contribution is 9.10. The molecule has 2 rings (SSSR count). The smallest absolute Gasteiger partial charge is 0.137 e. The topological polar surface area (TPSA) is 32.3 Å². The molecule has 0 aliphatic carbocycles. The highest BCUT2D eigenvalue weighted by Gasteiger charge is 2.12. The zero-order valence-corrected chi connectivity index (χ0v) is 12.1. The van der Waals surface area contributed by atoms with E-state index in [1.807, 2.05) is 31.2 Å². The lowest BCUT2D eigenvalue weighted by atomic mass is 10.1. The number of nitrogens with one attached hydrogen (secondary N) is 1. The summed E-state index contributed by atoms with van der Waals surface area (Å²) in [6.45, 7) is 1.95. The lowest BCUT2D eigenvalue weighted by Gasteiger charge is -2.18. The molecule has 0 aliphatic rings.